The van der Waals surface area contributed by atoms with Crippen LogP contribution in [0.2, 0.25) is 5.15 Å². The maximum Gasteiger partial charge on any atom is 0.251 e. The number of hydrogen-bond donors (Lipinski definition) is 2. The first-order chi connectivity index (χ1) is 9.58. The van der Waals surface area contributed by atoms with Crippen LogP contribution in [-0.4, -0.2) is 17.9 Å². The summed E-state index contributed by atoms with van der Waals surface area (Å²) in [5, 5.41) is 5.99. The van der Waals surface area contributed by atoms with E-state index < -0.39 is 0 Å². The molecule has 0 saturated heterocycles. The molecule has 2 N–H and O–H groups in total. The topological polar surface area (TPSA) is 54.0 Å². The van der Waals surface area contributed by atoms with Crippen molar-refractivity contribution >= 4 is 39.3 Å². The molecule has 0 spiro atoms. The first-order valence-corrected chi connectivity index (χ1v) is 7.13. The SMILES string of the molecule is CNc1cc(C(=O)NCc2cccc(Br)c2)cc(Cl)n1. The number of carbonyl (C=O) groups excluding carboxylic acids is 1. The van der Waals surface area contributed by atoms with Crippen molar-refractivity contribution in [3.05, 3.63) is 57.2 Å². The molecule has 0 radical (unpaired) electrons. The molecule has 0 fully saturated rings. The van der Waals surface area contributed by atoms with Gasteiger partial charge < -0.3 is 10.6 Å². The van der Waals surface area contributed by atoms with E-state index in [2.05, 4.69) is 31.5 Å². The summed E-state index contributed by atoms with van der Waals surface area (Å²) in [6.07, 6.45) is 0. The van der Waals surface area contributed by atoms with Gasteiger partial charge in [-0.15, -0.1) is 0 Å². The highest BCUT2D eigenvalue weighted by molar-refractivity contribution is 9.10. The highest BCUT2D eigenvalue weighted by atomic mass is 79.9. The Balaban J connectivity index is 2.07. The Labute approximate surface area is 130 Å². The van der Waals surface area contributed by atoms with Crippen molar-refractivity contribution in [3.63, 3.8) is 0 Å². The summed E-state index contributed by atoms with van der Waals surface area (Å²) >= 11 is 9.27. The lowest BCUT2D eigenvalue weighted by atomic mass is 10.2. The second-order valence-electron chi connectivity index (χ2n) is 4.13. The van der Waals surface area contributed by atoms with Gasteiger partial charge in [-0.2, -0.15) is 0 Å². The third kappa shape index (κ3) is 3.95. The molecule has 1 aromatic carbocycles. The standard InChI is InChI=1S/C14H13BrClN3O/c1-17-13-7-10(6-12(16)19-13)14(20)18-8-9-3-2-4-11(15)5-9/h2-7H,8H2,1H3,(H,17,19)(H,18,20). The largest absolute Gasteiger partial charge is 0.373 e. The molecule has 0 bridgehead atoms. The maximum absolute atomic E-state index is 12.1. The van der Waals surface area contributed by atoms with Gasteiger partial charge in [0, 0.05) is 23.6 Å². The average molecular weight is 355 g/mol. The molecule has 0 unspecified atom stereocenters. The zero-order chi connectivity index (χ0) is 14.5. The van der Waals surface area contributed by atoms with Crippen LogP contribution >= 0.6 is 27.5 Å². The van der Waals surface area contributed by atoms with E-state index in [-0.39, 0.29) is 11.1 Å². The van der Waals surface area contributed by atoms with E-state index >= 15 is 0 Å². The molecule has 0 aliphatic heterocycles. The third-order valence-corrected chi connectivity index (χ3v) is 3.34. The summed E-state index contributed by atoms with van der Waals surface area (Å²) < 4.78 is 0.980. The molecule has 1 amide bonds. The van der Waals surface area contributed by atoms with Gasteiger partial charge in [-0.3, -0.25) is 4.79 Å². The summed E-state index contributed by atoms with van der Waals surface area (Å²) in [7, 11) is 1.72. The van der Waals surface area contributed by atoms with Crippen LogP contribution < -0.4 is 10.6 Å². The number of nitrogens with zero attached hydrogens (tertiary/aromatic N) is 1. The zero-order valence-electron chi connectivity index (χ0n) is 10.8. The monoisotopic (exact) mass is 353 g/mol. The molecule has 0 saturated carbocycles. The molecule has 0 aliphatic carbocycles. The number of halogens is 2. The predicted molar refractivity (Wildman–Crippen MR) is 84.1 cm³/mol. The van der Waals surface area contributed by atoms with Gasteiger partial charge in [0.05, 0.1) is 0 Å². The zero-order valence-corrected chi connectivity index (χ0v) is 13.1. The van der Waals surface area contributed by atoms with Crippen molar-refractivity contribution in [3.8, 4) is 0 Å². The van der Waals surface area contributed by atoms with Crippen molar-refractivity contribution in [2.24, 2.45) is 0 Å². The third-order valence-electron chi connectivity index (χ3n) is 2.65. The Hall–Kier alpha value is -1.59. The van der Waals surface area contributed by atoms with Crippen molar-refractivity contribution in [1.29, 1.82) is 0 Å². The van der Waals surface area contributed by atoms with Crippen molar-refractivity contribution < 1.29 is 4.79 Å². The lowest BCUT2D eigenvalue weighted by Crippen LogP contribution is -2.23. The van der Waals surface area contributed by atoms with Gasteiger partial charge >= 0.3 is 0 Å². The quantitative estimate of drug-likeness (QED) is 0.827. The van der Waals surface area contributed by atoms with Gasteiger partial charge in [0.2, 0.25) is 0 Å². The van der Waals surface area contributed by atoms with E-state index in [1.807, 2.05) is 24.3 Å². The molecule has 6 heteroatoms. The van der Waals surface area contributed by atoms with E-state index in [1.165, 1.54) is 0 Å². The van der Waals surface area contributed by atoms with Crippen molar-refractivity contribution in [2.75, 3.05) is 12.4 Å². The summed E-state index contributed by atoms with van der Waals surface area (Å²) in [5.41, 5.74) is 1.49. The molecule has 1 aromatic heterocycles. The Kier molecular flexibility index (Phi) is 4.98. The summed E-state index contributed by atoms with van der Waals surface area (Å²) in [5.74, 6) is 0.371. The second-order valence-corrected chi connectivity index (χ2v) is 5.43. The Morgan fingerprint density at radius 2 is 2.15 bits per heavy atom. The fraction of sp³-hybridized carbons (Fsp3) is 0.143. The van der Waals surface area contributed by atoms with Crippen LogP contribution in [0.15, 0.2) is 40.9 Å². The van der Waals surface area contributed by atoms with E-state index in [0.717, 1.165) is 10.0 Å². The summed E-state index contributed by atoms with van der Waals surface area (Å²) in [6, 6.07) is 11.0. The number of carbonyl (C=O) groups is 1. The molecule has 20 heavy (non-hydrogen) atoms. The number of hydrogen-bond acceptors (Lipinski definition) is 3. The first-order valence-electron chi connectivity index (χ1n) is 5.96. The fourth-order valence-corrected chi connectivity index (χ4v) is 2.34. The van der Waals surface area contributed by atoms with Gasteiger partial charge in [0.1, 0.15) is 11.0 Å². The van der Waals surface area contributed by atoms with E-state index in [9.17, 15) is 4.79 Å². The van der Waals surface area contributed by atoms with Crippen LogP contribution in [0, 0.1) is 0 Å². The highest BCUT2D eigenvalue weighted by Crippen LogP contribution is 2.15. The molecular formula is C14H13BrClN3O. The predicted octanol–water partition coefficient (Wildman–Crippen LogP) is 3.47. The number of amides is 1. The number of benzene rings is 1. The molecule has 0 aliphatic rings. The Morgan fingerprint density at radius 3 is 2.85 bits per heavy atom. The van der Waals surface area contributed by atoms with Gasteiger partial charge in [-0.1, -0.05) is 39.7 Å². The van der Waals surface area contributed by atoms with Gasteiger partial charge in [-0.05, 0) is 29.8 Å². The lowest BCUT2D eigenvalue weighted by molar-refractivity contribution is 0.0951. The fourth-order valence-electron chi connectivity index (χ4n) is 1.69. The van der Waals surface area contributed by atoms with Crippen LogP contribution in [0.4, 0.5) is 5.82 Å². The normalized spacial score (nSPS) is 10.2. The van der Waals surface area contributed by atoms with Gasteiger partial charge in [0.25, 0.3) is 5.91 Å². The average Bonchev–Trinajstić information content (AvgIpc) is 2.44. The smallest absolute Gasteiger partial charge is 0.251 e. The molecule has 2 aromatic rings. The van der Waals surface area contributed by atoms with E-state index in [1.54, 1.807) is 19.2 Å². The van der Waals surface area contributed by atoms with Crippen LogP contribution in [-0.2, 0) is 6.54 Å². The van der Waals surface area contributed by atoms with Crippen LogP contribution in [0.3, 0.4) is 0 Å². The number of nitrogens with one attached hydrogen (secondary N) is 2. The van der Waals surface area contributed by atoms with Gasteiger partial charge in [0.15, 0.2) is 0 Å². The van der Waals surface area contributed by atoms with E-state index in [0.29, 0.717) is 17.9 Å². The molecule has 2 rings (SSSR count). The number of anilines is 1. The number of pyridine rings is 1. The first kappa shape index (κ1) is 14.8. The Bertz CT molecular complexity index is 634. The van der Waals surface area contributed by atoms with Crippen LogP contribution in [0.1, 0.15) is 15.9 Å². The highest BCUT2D eigenvalue weighted by Gasteiger charge is 2.08. The summed E-state index contributed by atoms with van der Waals surface area (Å²) in [6.45, 7) is 0.451. The minimum atomic E-state index is -0.189. The van der Waals surface area contributed by atoms with Crippen LogP contribution in [0.25, 0.3) is 0 Å². The van der Waals surface area contributed by atoms with Gasteiger partial charge in [-0.25, -0.2) is 4.98 Å². The van der Waals surface area contributed by atoms with E-state index in [4.69, 9.17) is 11.6 Å². The number of aromatic nitrogens is 1. The molecule has 1 heterocycles. The summed E-state index contributed by atoms with van der Waals surface area (Å²) in [4.78, 5) is 16.1. The minimum Gasteiger partial charge on any atom is -0.373 e. The molecule has 0 atom stereocenters. The maximum atomic E-state index is 12.1. The minimum absolute atomic E-state index is 0.189. The molecular weight excluding hydrogens is 342 g/mol. The second kappa shape index (κ2) is 6.72. The Morgan fingerprint density at radius 1 is 1.35 bits per heavy atom. The lowest BCUT2D eigenvalue weighted by Gasteiger charge is -2.07. The molecule has 4 nitrogen and oxygen atoms in total. The van der Waals surface area contributed by atoms with Crippen molar-refractivity contribution in [1.82, 2.24) is 10.3 Å². The molecule has 104 valence electrons. The van der Waals surface area contributed by atoms with Crippen LogP contribution in [0.5, 0.6) is 0 Å². The number of rotatable bonds is 4. The van der Waals surface area contributed by atoms with Crippen molar-refractivity contribution in [2.45, 2.75) is 6.54 Å².